The van der Waals surface area contributed by atoms with Gasteiger partial charge in [0.05, 0.1) is 16.0 Å². The van der Waals surface area contributed by atoms with Crippen molar-refractivity contribution in [3.05, 3.63) is 62.5 Å². The first-order chi connectivity index (χ1) is 16.1. The van der Waals surface area contributed by atoms with E-state index in [4.69, 9.17) is 4.98 Å². The Morgan fingerprint density at radius 3 is 2.97 bits per heavy atom. The third-order valence-corrected chi connectivity index (χ3v) is 8.15. The van der Waals surface area contributed by atoms with Crippen LogP contribution in [0, 0.1) is 6.92 Å². The summed E-state index contributed by atoms with van der Waals surface area (Å²) >= 11 is 2.67. The number of aromatic nitrogens is 4. The minimum Gasteiger partial charge on any atom is -0.360 e. The van der Waals surface area contributed by atoms with Gasteiger partial charge in [0.2, 0.25) is 0 Å². The third-order valence-electron chi connectivity index (χ3n) is 6.21. The summed E-state index contributed by atoms with van der Waals surface area (Å²) in [6, 6.07) is 8.05. The number of carbonyl (C=O) groups is 1. The number of thiophene rings is 1. The monoisotopic (exact) mass is 475 g/mol. The molecule has 4 aromatic heterocycles. The molecule has 7 nitrogen and oxygen atoms in total. The SMILES string of the molecule is Cc1c(C(=O)Nc2nc(-c3c[nH]c4ccccc34)cs2)sc2nc3n(c(=O)c12)CCCCC3. The number of aromatic amines is 1. The predicted octanol–water partition coefficient (Wildman–Crippen LogP) is 5.35. The summed E-state index contributed by atoms with van der Waals surface area (Å²) in [6.45, 7) is 2.53. The van der Waals surface area contributed by atoms with Gasteiger partial charge in [0.25, 0.3) is 11.5 Å². The number of hydrogen-bond acceptors (Lipinski definition) is 6. The van der Waals surface area contributed by atoms with Crippen LogP contribution in [-0.2, 0) is 13.0 Å². The van der Waals surface area contributed by atoms with Gasteiger partial charge in [-0.1, -0.05) is 24.6 Å². The summed E-state index contributed by atoms with van der Waals surface area (Å²) in [5, 5.41) is 7.04. The molecule has 9 heteroatoms. The number of para-hydroxylation sites is 1. The second kappa shape index (κ2) is 7.93. The number of benzene rings is 1. The molecule has 1 amide bonds. The first kappa shape index (κ1) is 20.3. The summed E-state index contributed by atoms with van der Waals surface area (Å²) in [5.41, 5.74) is 3.52. The van der Waals surface area contributed by atoms with Crippen molar-refractivity contribution in [2.45, 2.75) is 39.2 Å². The molecule has 0 aliphatic carbocycles. The van der Waals surface area contributed by atoms with Crippen LogP contribution in [0.3, 0.4) is 0 Å². The highest BCUT2D eigenvalue weighted by molar-refractivity contribution is 7.21. The van der Waals surface area contributed by atoms with Gasteiger partial charge in [0.1, 0.15) is 10.7 Å². The summed E-state index contributed by atoms with van der Waals surface area (Å²) < 4.78 is 1.80. The molecule has 0 radical (unpaired) electrons. The largest absolute Gasteiger partial charge is 0.360 e. The lowest BCUT2D eigenvalue weighted by atomic mass is 10.1. The fourth-order valence-electron chi connectivity index (χ4n) is 4.52. The summed E-state index contributed by atoms with van der Waals surface area (Å²) in [6.07, 6.45) is 5.87. The van der Waals surface area contributed by atoms with Gasteiger partial charge in [-0.2, -0.15) is 0 Å². The molecule has 0 unspecified atom stereocenters. The van der Waals surface area contributed by atoms with Gasteiger partial charge in [-0.3, -0.25) is 19.5 Å². The quantitative estimate of drug-likeness (QED) is 0.368. The molecule has 1 aliphatic rings. The number of nitrogens with zero attached hydrogens (tertiary/aromatic N) is 3. The van der Waals surface area contributed by atoms with Crippen molar-refractivity contribution in [3.63, 3.8) is 0 Å². The van der Waals surface area contributed by atoms with Gasteiger partial charge in [0, 0.05) is 41.0 Å². The Labute approximate surface area is 197 Å². The van der Waals surface area contributed by atoms with Crippen LogP contribution in [-0.4, -0.2) is 25.4 Å². The Balaban J connectivity index is 1.32. The highest BCUT2D eigenvalue weighted by Gasteiger charge is 2.23. The lowest BCUT2D eigenvalue weighted by Gasteiger charge is -2.08. The van der Waals surface area contributed by atoms with Crippen molar-refractivity contribution in [2.75, 3.05) is 5.32 Å². The second-order valence-corrected chi connectivity index (χ2v) is 10.1. The van der Waals surface area contributed by atoms with Gasteiger partial charge < -0.3 is 4.98 Å². The van der Waals surface area contributed by atoms with E-state index in [1.54, 1.807) is 4.57 Å². The molecule has 0 saturated carbocycles. The van der Waals surface area contributed by atoms with Gasteiger partial charge in [-0.05, 0) is 31.4 Å². The Kier molecular flexibility index (Phi) is 4.88. The number of fused-ring (bicyclic) bond motifs is 3. The van der Waals surface area contributed by atoms with Crippen LogP contribution in [0.25, 0.3) is 32.4 Å². The maximum atomic E-state index is 13.2. The maximum Gasteiger partial charge on any atom is 0.267 e. The van der Waals surface area contributed by atoms with E-state index in [1.807, 2.05) is 42.8 Å². The molecule has 6 rings (SSSR count). The van der Waals surface area contributed by atoms with Crippen LogP contribution < -0.4 is 10.9 Å². The zero-order valence-corrected chi connectivity index (χ0v) is 19.6. The zero-order chi connectivity index (χ0) is 22.5. The number of thiazole rings is 1. The zero-order valence-electron chi connectivity index (χ0n) is 18.0. The second-order valence-electron chi connectivity index (χ2n) is 8.27. The van der Waals surface area contributed by atoms with E-state index >= 15 is 0 Å². The molecule has 0 atom stereocenters. The van der Waals surface area contributed by atoms with Crippen molar-refractivity contribution in [2.24, 2.45) is 0 Å². The number of nitrogens with one attached hydrogen (secondary N) is 2. The van der Waals surface area contributed by atoms with E-state index in [-0.39, 0.29) is 11.5 Å². The van der Waals surface area contributed by atoms with Crippen LogP contribution in [0.1, 0.15) is 40.3 Å². The molecule has 5 aromatic rings. The first-order valence-corrected chi connectivity index (χ1v) is 12.7. The number of H-pyrrole nitrogens is 1. The Morgan fingerprint density at radius 2 is 2.06 bits per heavy atom. The Hall–Kier alpha value is -3.30. The normalized spacial score (nSPS) is 13.8. The predicted molar refractivity (Wildman–Crippen MR) is 134 cm³/mol. The molecule has 0 fully saturated rings. The van der Waals surface area contributed by atoms with Crippen molar-refractivity contribution in [3.8, 4) is 11.3 Å². The molecule has 1 aliphatic heterocycles. The third kappa shape index (κ3) is 3.39. The number of carbonyl (C=O) groups excluding carboxylic acids is 1. The Bertz CT molecular complexity index is 1590. The van der Waals surface area contributed by atoms with Crippen LogP contribution in [0.5, 0.6) is 0 Å². The van der Waals surface area contributed by atoms with Crippen LogP contribution in [0.4, 0.5) is 5.13 Å². The average molecular weight is 476 g/mol. The van der Waals surface area contributed by atoms with E-state index < -0.39 is 0 Å². The molecule has 1 aromatic carbocycles. The fraction of sp³-hybridized carbons (Fsp3) is 0.250. The van der Waals surface area contributed by atoms with Crippen LogP contribution in [0.15, 0.2) is 40.6 Å². The topological polar surface area (TPSA) is 92.7 Å². The highest BCUT2D eigenvalue weighted by atomic mass is 32.1. The first-order valence-electron chi connectivity index (χ1n) is 11.0. The molecule has 0 spiro atoms. The van der Waals surface area contributed by atoms with E-state index in [0.717, 1.165) is 53.7 Å². The molecule has 166 valence electrons. The van der Waals surface area contributed by atoms with E-state index in [0.29, 0.717) is 32.3 Å². The summed E-state index contributed by atoms with van der Waals surface area (Å²) in [4.78, 5) is 40.1. The number of hydrogen-bond donors (Lipinski definition) is 2. The summed E-state index contributed by atoms with van der Waals surface area (Å²) in [7, 11) is 0. The minimum absolute atomic E-state index is 0.0272. The smallest absolute Gasteiger partial charge is 0.267 e. The molecule has 5 heterocycles. The number of amides is 1. The number of rotatable bonds is 3. The van der Waals surface area contributed by atoms with Gasteiger partial charge in [-0.25, -0.2) is 9.97 Å². The lowest BCUT2D eigenvalue weighted by molar-refractivity contribution is 0.103. The number of aryl methyl sites for hydroxylation is 2. The molecular weight excluding hydrogens is 454 g/mol. The van der Waals surface area contributed by atoms with Gasteiger partial charge >= 0.3 is 0 Å². The number of anilines is 1. The van der Waals surface area contributed by atoms with Gasteiger partial charge in [-0.15, -0.1) is 22.7 Å². The minimum atomic E-state index is -0.255. The van der Waals surface area contributed by atoms with Crippen LogP contribution >= 0.6 is 22.7 Å². The molecule has 33 heavy (non-hydrogen) atoms. The van der Waals surface area contributed by atoms with Gasteiger partial charge in [0.15, 0.2) is 5.13 Å². The summed E-state index contributed by atoms with van der Waals surface area (Å²) in [5.74, 6) is 0.580. The molecule has 2 N–H and O–H groups in total. The average Bonchev–Trinajstić information content (AvgIpc) is 3.47. The van der Waals surface area contributed by atoms with E-state index in [9.17, 15) is 9.59 Å². The lowest BCUT2D eigenvalue weighted by Crippen LogP contribution is -2.24. The van der Waals surface area contributed by atoms with Crippen molar-refractivity contribution in [1.82, 2.24) is 19.5 Å². The highest BCUT2D eigenvalue weighted by Crippen LogP contribution is 2.32. The molecule has 0 bridgehead atoms. The molecule has 0 saturated heterocycles. The van der Waals surface area contributed by atoms with Crippen molar-refractivity contribution in [1.29, 1.82) is 0 Å². The Morgan fingerprint density at radius 1 is 1.18 bits per heavy atom. The molecular formula is C24H21N5O2S2. The van der Waals surface area contributed by atoms with E-state index in [1.165, 1.54) is 22.7 Å². The fourth-order valence-corrected chi connectivity index (χ4v) is 6.31. The maximum absolute atomic E-state index is 13.2. The standard InChI is InChI=1S/C24H21N5O2S2/c1-13-19-22(27-18-9-3-2-6-10-29(18)23(19)31)33-20(13)21(30)28-24-26-17(12-32-24)15-11-25-16-8-5-4-7-14(15)16/h4-5,7-8,11-12,25H,2-3,6,9-10H2,1H3,(H,26,28,30). The van der Waals surface area contributed by atoms with E-state index in [2.05, 4.69) is 15.3 Å². The van der Waals surface area contributed by atoms with Crippen molar-refractivity contribution >= 4 is 54.8 Å². The van der Waals surface area contributed by atoms with Crippen LogP contribution in [0.2, 0.25) is 0 Å². The van der Waals surface area contributed by atoms with Crippen molar-refractivity contribution < 1.29 is 4.79 Å².